The van der Waals surface area contributed by atoms with Crippen molar-refractivity contribution in [2.45, 2.75) is 39.7 Å². The molecule has 1 nitrogen and oxygen atoms in total. The first kappa shape index (κ1) is 16.7. The van der Waals surface area contributed by atoms with Crippen LogP contribution in [0, 0.1) is 5.92 Å². The minimum atomic E-state index is -0.260. The number of hydrogen-bond acceptors (Lipinski definition) is 1. The molecule has 18 heavy (non-hydrogen) atoms. The van der Waals surface area contributed by atoms with Gasteiger partial charge in [0.05, 0.1) is 6.10 Å². The lowest BCUT2D eigenvalue weighted by atomic mass is 10.1. The van der Waals surface area contributed by atoms with E-state index in [1.807, 2.05) is 57.2 Å². The molecular weight excluding hydrogens is 220 g/mol. The van der Waals surface area contributed by atoms with Gasteiger partial charge in [-0.25, -0.2) is 0 Å². The van der Waals surface area contributed by atoms with Crippen molar-refractivity contribution in [3.05, 3.63) is 60.8 Å². The van der Waals surface area contributed by atoms with E-state index in [9.17, 15) is 5.11 Å². The van der Waals surface area contributed by atoms with Crippen LogP contribution in [0.4, 0.5) is 0 Å². The van der Waals surface area contributed by atoms with Gasteiger partial charge < -0.3 is 5.11 Å². The van der Waals surface area contributed by atoms with Gasteiger partial charge in [-0.15, -0.1) is 0 Å². The van der Waals surface area contributed by atoms with E-state index in [0.717, 1.165) is 12.8 Å². The quantitative estimate of drug-likeness (QED) is 0.377. The van der Waals surface area contributed by atoms with E-state index in [-0.39, 0.29) is 12.0 Å². The Labute approximate surface area is 112 Å². The molecule has 0 saturated heterocycles. The van der Waals surface area contributed by atoms with Crippen molar-refractivity contribution >= 4 is 0 Å². The predicted molar refractivity (Wildman–Crippen MR) is 81.5 cm³/mol. The van der Waals surface area contributed by atoms with Crippen LogP contribution in [0.1, 0.15) is 33.6 Å². The predicted octanol–water partition coefficient (Wildman–Crippen LogP) is 4.58. The number of aliphatic hydroxyl groups excluding tert-OH is 1. The van der Waals surface area contributed by atoms with Crippen molar-refractivity contribution in [3.8, 4) is 0 Å². The lowest BCUT2D eigenvalue weighted by Crippen LogP contribution is -2.09. The maximum Gasteiger partial charge on any atom is 0.0572 e. The maximum atomic E-state index is 9.30. The first-order valence-corrected chi connectivity index (χ1v) is 6.64. The lowest BCUT2D eigenvalue weighted by Gasteiger charge is -2.08. The Morgan fingerprint density at radius 3 is 2.00 bits per heavy atom. The fourth-order valence-electron chi connectivity index (χ4n) is 1.21. The number of allylic oxidation sites excluding steroid dienone is 9. The average Bonchev–Trinajstić information content (AvgIpc) is 2.35. The molecule has 0 saturated carbocycles. The zero-order valence-corrected chi connectivity index (χ0v) is 11.8. The van der Waals surface area contributed by atoms with Crippen molar-refractivity contribution in [2.24, 2.45) is 5.92 Å². The monoisotopic (exact) mass is 246 g/mol. The van der Waals surface area contributed by atoms with Gasteiger partial charge in [0.25, 0.3) is 0 Å². The molecule has 0 aromatic rings. The number of unbranched alkanes of at least 4 members (excludes halogenated alkanes) is 1. The van der Waals surface area contributed by atoms with Crippen molar-refractivity contribution in [3.63, 3.8) is 0 Å². The van der Waals surface area contributed by atoms with Crippen molar-refractivity contribution in [2.75, 3.05) is 0 Å². The summed E-state index contributed by atoms with van der Waals surface area (Å²) in [5, 5.41) is 9.30. The molecule has 0 bridgehead atoms. The smallest absolute Gasteiger partial charge is 0.0572 e. The first-order chi connectivity index (χ1) is 8.68. The lowest BCUT2D eigenvalue weighted by molar-refractivity contribution is 0.157. The Bertz CT molecular complexity index is 317. The highest BCUT2D eigenvalue weighted by Gasteiger charge is 2.02. The summed E-state index contributed by atoms with van der Waals surface area (Å²) >= 11 is 0. The van der Waals surface area contributed by atoms with Crippen LogP contribution in [0.25, 0.3) is 0 Å². The molecule has 0 spiro atoms. The molecule has 100 valence electrons. The third-order valence-corrected chi connectivity index (χ3v) is 2.58. The van der Waals surface area contributed by atoms with Gasteiger partial charge in [-0.05, 0) is 32.6 Å². The number of hydrogen-bond donors (Lipinski definition) is 1. The van der Waals surface area contributed by atoms with E-state index in [4.69, 9.17) is 0 Å². The van der Waals surface area contributed by atoms with Gasteiger partial charge in [0.15, 0.2) is 0 Å². The molecule has 1 heteroatoms. The molecule has 0 aliphatic carbocycles. The van der Waals surface area contributed by atoms with E-state index in [1.54, 1.807) is 0 Å². The van der Waals surface area contributed by atoms with Gasteiger partial charge in [-0.1, -0.05) is 67.7 Å². The molecule has 2 unspecified atom stereocenters. The van der Waals surface area contributed by atoms with E-state index < -0.39 is 0 Å². The second-order valence-corrected chi connectivity index (χ2v) is 4.33. The fourth-order valence-corrected chi connectivity index (χ4v) is 1.21. The molecule has 2 atom stereocenters. The third-order valence-electron chi connectivity index (χ3n) is 2.58. The van der Waals surface area contributed by atoms with Gasteiger partial charge >= 0.3 is 0 Å². The van der Waals surface area contributed by atoms with Crippen LogP contribution < -0.4 is 0 Å². The molecule has 0 amide bonds. The summed E-state index contributed by atoms with van der Waals surface area (Å²) < 4.78 is 0. The average molecular weight is 246 g/mol. The topological polar surface area (TPSA) is 20.2 Å². The summed E-state index contributed by atoms with van der Waals surface area (Å²) in [6, 6.07) is 0. The molecule has 0 aliphatic rings. The second kappa shape index (κ2) is 12.1. The van der Waals surface area contributed by atoms with Crippen LogP contribution >= 0.6 is 0 Å². The van der Waals surface area contributed by atoms with Gasteiger partial charge in [0.1, 0.15) is 0 Å². The van der Waals surface area contributed by atoms with Crippen LogP contribution in [-0.4, -0.2) is 11.2 Å². The SMILES string of the molecule is C/C=C/C=C/C=C/C=C/CC/C=C/C(C)C(C)O. The number of rotatable bonds is 8. The van der Waals surface area contributed by atoms with Crippen LogP contribution in [0.5, 0.6) is 0 Å². The third kappa shape index (κ3) is 11.2. The zero-order valence-electron chi connectivity index (χ0n) is 11.8. The highest BCUT2D eigenvalue weighted by Crippen LogP contribution is 2.05. The van der Waals surface area contributed by atoms with Gasteiger partial charge in [-0.3, -0.25) is 0 Å². The molecule has 0 fully saturated rings. The fraction of sp³-hybridized carbons (Fsp3) is 0.412. The Balaban J connectivity index is 3.66. The maximum absolute atomic E-state index is 9.30. The Kier molecular flexibility index (Phi) is 11.2. The van der Waals surface area contributed by atoms with E-state index in [2.05, 4.69) is 24.3 Å². The van der Waals surface area contributed by atoms with Gasteiger partial charge in [0.2, 0.25) is 0 Å². The molecular formula is C17H26O. The van der Waals surface area contributed by atoms with Crippen LogP contribution in [0.3, 0.4) is 0 Å². The molecule has 0 aliphatic heterocycles. The molecule has 0 rings (SSSR count). The largest absolute Gasteiger partial charge is 0.393 e. The first-order valence-electron chi connectivity index (χ1n) is 6.64. The highest BCUT2D eigenvalue weighted by molar-refractivity contribution is 5.15. The van der Waals surface area contributed by atoms with Crippen molar-refractivity contribution < 1.29 is 5.11 Å². The Hall–Kier alpha value is -1.34. The minimum absolute atomic E-state index is 0.241. The molecule has 0 heterocycles. The van der Waals surface area contributed by atoms with E-state index in [0.29, 0.717) is 0 Å². The molecule has 0 aromatic carbocycles. The normalized spacial score (nSPS) is 16.9. The summed E-state index contributed by atoms with van der Waals surface area (Å²) in [7, 11) is 0. The van der Waals surface area contributed by atoms with Crippen LogP contribution in [-0.2, 0) is 0 Å². The second-order valence-electron chi connectivity index (χ2n) is 4.33. The molecule has 0 radical (unpaired) electrons. The highest BCUT2D eigenvalue weighted by atomic mass is 16.3. The summed E-state index contributed by atoms with van der Waals surface area (Å²) in [6.45, 7) is 5.84. The minimum Gasteiger partial charge on any atom is -0.393 e. The summed E-state index contributed by atoms with van der Waals surface area (Å²) in [4.78, 5) is 0. The van der Waals surface area contributed by atoms with Gasteiger partial charge in [0, 0.05) is 0 Å². The molecule has 1 N–H and O–H groups in total. The Morgan fingerprint density at radius 2 is 1.39 bits per heavy atom. The Morgan fingerprint density at radius 1 is 0.833 bits per heavy atom. The summed E-state index contributed by atoms with van der Waals surface area (Å²) in [5.74, 6) is 0.241. The van der Waals surface area contributed by atoms with E-state index in [1.165, 1.54) is 0 Å². The zero-order chi connectivity index (χ0) is 13.6. The van der Waals surface area contributed by atoms with Crippen LogP contribution in [0.15, 0.2) is 60.8 Å². The van der Waals surface area contributed by atoms with Crippen molar-refractivity contribution in [1.29, 1.82) is 0 Å². The summed E-state index contributed by atoms with van der Waals surface area (Å²) in [5.41, 5.74) is 0. The van der Waals surface area contributed by atoms with Crippen molar-refractivity contribution in [1.82, 2.24) is 0 Å². The molecule has 0 aromatic heterocycles. The standard InChI is InChI=1S/C17H26O/c1-4-5-6-7-8-9-10-11-12-13-14-15-16(2)17(3)18/h4-11,14-18H,12-13H2,1-3H3/b5-4+,7-6+,9-8+,11-10+,15-14+. The van der Waals surface area contributed by atoms with Crippen LogP contribution in [0.2, 0.25) is 0 Å². The van der Waals surface area contributed by atoms with E-state index >= 15 is 0 Å². The number of aliphatic hydroxyl groups is 1. The van der Waals surface area contributed by atoms with Gasteiger partial charge in [-0.2, -0.15) is 0 Å². The summed E-state index contributed by atoms with van der Waals surface area (Å²) in [6.07, 6.45) is 22.3.